The molecule has 2 heterocycles. The van der Waals surface area contributed by atoms with Gasteiger partial charge in [0, 0.05) is 39.3 Å². The summed E-state index contributed by atoms with van der Waals surface area (Å²) < 4.78 is 5.33. The average molecular weight is 271 g/mol. The van der Waals surface area contributed by atoms with Gasteiger partial charge in [-0.1, -0.05) is 6.92 Å². The highest BCUT2D eigenvalue weighted by atomic mass is 16.5. The monoisotopic (exact) mass is 271 g/mol. The second kappa shape index (κ2) is 8.17. The Kier molecular flexibility index (Phi) is 6.53. The fourth-order valence-corrected chi connectivity index (χ4v) is 2.96. The Hall–Kier alpha value is -0.200. The minimum absolute atomic E-state index is 0.230. The molecule has 1 unspecified atom stereocenters. The van der Waals surface area contributed by atoms with Crippen LogP contribution >= 0.6 is 0 Å². The quantitative estimate of drug-likeness (QED) is 0.744. The summed E-state index contributed by atoms with van der Waals surface area (Å²) in [6, 6.07) is 0. The number of hydrogen-bond donors (Lipinski definition) is 1. The Morgan fingerprint density at radius 3 is 2.16 bits per heavy atom. The molecule has 0 aliphatic carbocycles. The van der Waals surface area contributed by atoms with E-state index in [4.69, 9.17) is 4.74 Å². The molecule has 0 aromatic heterocycles. The van der Waals surface area contributed by atoms with Gasteiger partial charge in [0.2, 0.25) is 0 Å². The number of β-amino-alcohol motifs (C(OH)–C–C–N with tert-alkyl or cyclic N) is 1. The fraction of sp³-hybridized carbons (Fsp3) is 1.00. The molecule has 0 aromatic carbocycles. The Bertz CT molecular complexity index is 247. The Morgan fingerprint density at radius 1 is 0.895 bits per heavy atom. The molecule has 112 valence electrons. The molecule has 0 spiro atoms. The Labute approximate surface area is 117 Å². The van der Waals surface area contributed by atoms with E-state index in [1.54, 1.807) is 0 Å². The van der Waals surface area contributed by atoms with Gasteiger partial charge in [0.25, 0.3) is 0 Å². The van der Waals surface area contributed by atoms with Crippen LogP contribution in [-0.2, 0) is 4.74 Å². The lowest BCUT2D eigenvalue weighted by Gasteiger charge is -2.30. The minimum Gasteiger partial charge on any atom is -0.390 e. The standard InChI is InChI=1S/C14H29N3O2/c1-2-15-4-3-5-16(7-6-15)12-14(18)13-17-8-10-19-11-9-17/h14,18H,2-13H2,1H3. The van der Waals surface area contributed by atoms with Gasteiger partial charge >= 0.3 is 0 Å². The van der Waals surface area contributed by atoms with Gasteiger partial charge in [-0.15, -0.1) is 0 Å². The van der Waals surface area contributed by atoms with E-state index in [0.29, 0.717) is 0 Å². The van der Waals surface area contributed by atoms with Gasteiger partial charge in [0.1, 0.15) is 0 Å². The number of aliphatic hydroxyl groups is 1. The van der Waals surface area contributed by atoms with Gasteiger partial charge < -0.3 is 14.7 Å². The largest absolute Gasteiger partial charge is 0.390 e. The summed E-state index contributed by atoms with van der Waals surface area (Å²) in [6.07, 6.45) is 0.990. The predicted octanol–water partition coefficient (Wildman–Crippen LogP) is -0.293. The summed E-state index contributed by atoms with van der Waals surface area (Å²) in [5.41, 5.74) is 0. The molecule has 1 atom stereocenters. The average Bonchev–Trinajstić information content (AvgIpc) is 2.65. The molecule has 0 bridgehead atoms. The molecule has 2 rings (SSSR count). The van der Waals surface area contributed by atoms with Crippen molar-refractivity contribution in [2.75, 3.05) is 72.1 Å². The van der Waals surface area contributed by atoms with Crippen molar-refractivity contribution in [3.8, 4) is 0 Å². The summed E-state index contributed by atoms with van der Waals surface area (Å²) in [5, 5.41) is 10.2. The second-order valence-electron chi connectivity index (χ2n) is 5.66. The lowest BCUT2D eigenvalue weighted by molar-refractivity contribution is 0.00723. The van der Waals surface area contributed by atoms with E-state index in [1.807, 2.05) is 0 Å². The minimum atomic E-state index is -0.230. The van der Waals surface area contributed by atoms with Crippen LogP contribution in [0.5, 0.6) is 0 Å². The van der Waals surface area contributed by atoms with Crippen molar-refractivity contribution < 1.29 is 9.84 Å². The molecule has 5 nitrogen and oxygen atoms in total. The van der Waals surface area contributed by atoms with Crippen LogP contribution in [0.4, 0.5) is 0 Å². The van der Waals surface area contributed by atoms with Crippen molar-refractivity contribution in [1.29, 1.82) is 0 Å². The van der Waals surface area contributed by atoms with E-state index in [-0.39, 0.29) is 6.10 Å². The Morgan fingerprint density at radius 2 is 1.47 bits per heavy atom. The second-order valence-corrected chi connectivity index (χ2v) is 5.66. The first kappa shape index (κ1) is 15.2. The molecule has 2 saturated heterocycles. The molecule has 2 fully saturated rings. The normalized spacial score (nSPS) is 26.2. The number of nitrogens with zero attached hydrogens (tertiary/aromatic N) is 3. The van der Waals surface area contributed by atoms with Crippen LogP contribution < -0.4 is 0 Å². The molecule has 0 saturated carbocycles. The Balaban J connectivity index is 1.67. The van der Waals surface area contributed by atoms with E-state index in [0.717, 1.165) is 65.6 Å². The van der Waals surface area contributed by atoms with Gasteiger partial charge in [-0.25, -0.2) is 0 Å². The third-order valence-corrected chi connectivity index (χ3v) is 4.17. The van der Waals surface area contributed by atoms with Gasteiger partial charge in [0.05, 0.1) is 19.3 Å². The van der Waals surface area contributed by atoms with Crippen LogP contribution in [0, 0.1) is 0 Å². The van der Waals surface area contributed by atoms with Crippen molar-refractivity contribution in [2.24, 2.45) is 0 Å². The van der Waals surface area contributed by atoms with Crippen molar-refractivity contribution in [2.45, 2.75) is 19.4 Å². The smallest absolute Gasteiger partial charge is 0.0793 e. The van der Waals surface area contributed by atoms with E-state index in [2.05, 4.69) is 21.6 Å². The first-order valence-electron chi connectivity index (χ1n) is 7.71. The number of likely N-dealkylation sites (N-methyl/N-ethyl adjacent to an activating group) is 1. The van der Waals surface area contributed by atoms with E-state index in [1.165, 1.54) is 13.0 Å². The maximum absolute atomic E-state index is 10.2. The van der Waals surface area contributed by atoms with E-state index < -0.39 is 0 Å². The van der Waals surface area contributed by atoms with Crippen LogP contribution in [0.15, 0.2) is 0 Å². The summed E-state index contributed by atoms with van der Waals surface area (Å²) >= 11 is 0. The number of ether oxygens (including phenoxy) is 1. The summed E-state index contributed by atoms with van der Waals surface area (Å²) in [4.78, 5) is 7.22. The molecule has 2 aliphatic heterocycles. The lowest BCUT2D eigenvalue weighted by Crippen LogP contribution is -2.45. The number of morpholine rings is 1. The van der Waals surface area contributed by atoms with Gasteiger partial charge in [-0.3, -0.25) is 9.80 Å². The number of aliphatic hydroxyl groups excluding tert-OH is 1. The van der Waals surface area contributed by atoms with Crippen LogP contribution in [0.1, 0.15) is 13.3 Å². The fourth-order valence-electron chi connectivity index (χ4n) is 2.96. The molecule has 5 heteroatoms. The maximum Gasteiger partial charge on any atom is 0.0793 e. The maximum atomic E-state index is 10.2. The number of hydrogen-bond acceptors (Lipinski definition) is 5. The van der Waals surface area contributed by atoms with Crippen LogP contribution in [-0.4, -0.2) is 98.0 Å². The third kappa shape index (κ3) is 5.36. The highest BCUT2D eigenvalue weighted by Crippen LogP contribution is 2.05. The summed E-state index contributed by atoms with van der Waals surface area (Å²) in [7, 11) is 0. The summed E-state index contributed by atoms with van der Waals surface area (Å²) in [5.74, 6) is 0. The van der Waals surface area contributed by atoms with Gasteiger partial charge in [0.15, 0.2) is 0 Å². The first-order valence-corrected chi connectivity index (χ1v) is 7.71. The molecule has 2 aliphatic rings. The van der Waals surface area contributed by atoms with Crippen molar-refractivity contribution >= 4 is 0 Å². The van der Waals surface area contributed by atoms with Crippen molar-refractivity contribution in [3.63, 3.8) is 0 Å². The SMILES string of the molecule is CCN1CCCN(CC(O)CN2CCOCC2)CC1. The van der Waals surface area contributed by atoms with E-state index in [9.17, 15) is 5.11 Å². The third-order valence-electron chi connectivity index (χ3n) is 4.17. The molecule has 1 N–H and O–H groups in total. The van der Waals surface area contributed by atoms with Crippen LogP contribution in [0.2, 0.25) is 0 Å². The lowest BCUT2D eigenvalue weighted by atomic mass is 10.2. The molecule has 0 aromatic rings. The van der Waals surface area contributed by atoms with Crippen LogP contribution in [0.25, 0.3) is 0 Å². The van der Waals surface area contributed by atoms with Crippen molar-refractivity contribution in [1.82, 2.24) is 14.7 Å². The number of rotatable bonds is 5. The van der Waals surface area contributed by atoms with E-state index >= 15 is 0 Å². The topological polar surface area (TPSA) is 39.2 Å². The zero-order chi connectivity index (χ0) is 13.5. The molecule has 0 radical (unpaired) electrons. The van der Waals surface area contributed by atoms with Gasteiger partial charge in [-0.05, 0) is 26.1 Å². The van der Waals surface area contributed by atoms with Gasteiger partial charge in [-0.2, -0.15) is 0 Å². The highest BCUT2D eigenvalue weighted by Gasteiger charge is 2.19. The molecular formula is C14H29N3O2. The predicted molar refractivity (Wildman–Crippen MR) is 76.4 cm³/mol. The highest BCUT2D eigenvalue weighted by molar-refractivity contribution is 4.74. The zero-order valence-corrected chi connectivity index (χ0v) is 12.3. The van der Waals surface area contributed by atoms with Crippen molar-refractivity contribution in [3.05, 3.63) is 0 Å². The summed E-state index contributed by atoms with van der Waals surface area (Å²) in [6.45, 7) is 13.1. The first-order chi connectivity index (χ1) is 9.28. The zero-order valence-electron chi connectivity index (χ0n) is 12.3. The molecule has 19 heavy (non-hydrogen) atoms. The molecule has 0 amide bonds. The molecular weight excluding hydrogens is 242 g/mol. The van der Waals surface area contributed by atoms with Crippen LogP contribution in [0.3, 0.4) is 0 Å².